The molecule has 0 aliphatic heterocycles. The molecule has 0 unspecified atom stereocenters. The van der Waals surface area contributed by atoms with Crippen LogP contribution in [0.3, 0.4) is 0 Å². The molecule has 0 fully saturated rings. The summed E-state index contributed by atoms with van der Waals surface area (Å²) in [6.45, 7) is 1.22. The van der Waals surface area contributed by atoms with Crippen molar-refractivity contribution in [2.45, 2.75) is 6.92 Å². The van der Waals surface area contributed by atoms with Gasteiger partial charge in [-0.25, -0.2) is 5.01 Å². The Balaban J connectivity index is 2.83. The van der Waals surface area contributed by atoms with Crippen LogP contribution in [-0.2, 0) is 9.59 Å². The molecule has 0 aliphatic carbocycles. The maximum Gasteiger partial charge on any atom is 0.325 e. The van der Waals surface area contributed by atoms with E-state index in [0.29, 0.717) is 5.75 Å². The van der Waals surface area contributed by atoms with Gasteiger partial charge in [0.15, 0.2) is 0 Å². The zero-order chi connectivity index (χ0) is 14.3. The van der Waals surface area contributed by atoms with Crippen LogP contribution in [0.25, 0.3) is 0 Å². The van der Waals surface area contributed by atoms with Gasteiger partial charge < -0.3 is 5.11 Å². The van der Waals surface area contributed by atoms with Crippen LogP contribution >= 0.6 is 12.6 Å². The topological polar surface area (TPSA) is 70.0 Å². The molecular formula is C13H16N2O3S. The van der Waals surface area contributed by atoms with Gasteiger partial charge in [-0.1, -0.05) is 37.3 Å². The fourth-order valence-electron chi connectivity index (χ4n) is 1.31. The monoisotopic (exact) mass is 280 g/mol. The molecule has 1 aromatic rings. The van der Waals surface area contributed by atoms with Gasteiger partial charge in [-0.05, 0) is 5.56 Å². The van der Waals surface area contributed by atoms with E-state index in [-0.39, 0.29) is 11.8 Å². The average Bonchev–Trinajstić information content (AvgIpc) is 2.42. The summed E-state index contributed by atoms with van der Waals surface area (Å²) >= 11 is 4.03. The molecule has 19 heavy (non-hydrogen) atoms. The molecule has 0 aromatic heterocycles. The molecule has 0 saturated carbocycles. The van der Waals surface area contributed by atoms with Gasteiger partial charge in [0.1, 0.15) is 6.54 Å². The van der Waals surface area contributed by atoms with Crippen molar-refractivity contribution in [1.29, 1.82) is 0 Å². The van der Waals surface area contributed by atoms with E-state index < -0.39 is 12.5 Å². The van der Waals surface area contributed by atoms with Crippen LogP contribution in [0.15, 0.2) is 35.4 Å². The fourth-order valence-corrected chi connectivity index (χ4v) is 1.47. The van der Waals surface area contributed by atoms with E-state index >= 15 is 0 Å². The first-order valence-electron chi connectivity index (χ1n) is 5.77. The molecule has 0 spiro atoms. The molecule has 0 heterocycles. The first-order chi connectivity index (χ1) is 9.04. The Kier molecular flexibility index (Phi) is 6.08. The fraction of sp³-hybridized carbons (Fsp3) is 0.308. The molecular weight excluding hydrogens is 264 g/mol. The molecule has 1 atom stereocenters. The third-order valence-electron chi connectivity index (χ3n) is 2.38. The first kappa shape index (κ1) is 15.2. The number of benzene rings is 1. The minimum absolute atomic E-state index is 0.343. The molecule has 1 rings (SSSR count). The number of amides is 1. The summed E-state index contributed by atoms with van der Waals surface area (Å²) in [4.78, 5) is 22.7. The number of nitrogens with zero attached hydrogens (tertiary/aromatic N) is 2. The average molecular weight is 280 g/mol. The van der Waals surface area contributed by atoms with Crippen LogP contribution < -0.4 is 0 Å². The predicted molar refractivity (Wildman–Crippen MR) is 76.4 cm³/mol. The quantitative estimate of drug-likeness (QED) is 0.471. The van der Waals surface area contributed by atoms with Crippen molar-refractivity contribution >= 4 is 30.7 Å². The summed E-state index contributed by atoms with van der Waals surface area (Å²) in [6.07, 6.45) is 1.46. The van der Waals surface area contributed by atoms with E-state index in [9.17, 15) is 9.59 Å². The van der Waals surface area contributed by atoms with Crippen molar-refractivity contribution in [3.8, 4) is 0 Å². The van der Waals surface area contributed by atoms with E-state index in [1.165, 1.54) is 6.21 Å². The number of hydrogen-bond donors (Lipinski definition) is 2. The smallest absolute Gasteiger partial charge is 0.325 e. The molecule has 6 heteroatoms. The highest BCUT2D eigenvalue weighted by atomic mass is 32.1. The number of carbonyl (C=O) groups excluding carboxylic acids is 1. The van der Waals surface area contributed by atoms with Crippen molar-refractivity contribution in [1.82, 2.24) is 5.01 Å². The van der Waals surface area contributed by atoms with Gasteiger partial charge >= 0.3 is 5.97 Å². The molecule has 0 aliphatic rings. The molecule has 1 N–H and O–H groups in total. The number of hydrazone groups is 1. The SMILES string of the molecule is C[C@H](CS)C(=O)N(CC(=O)O)N=Cc1ccccc1. The summed E-state index contributed by atoms with van der Waals surface area (Å²) in [5.41, 5.74) is 0.796. The standard InChI is InChI=1S/C13H16N2O3S/c1-10(9-19)13(18)15(8-12(16)17)14-7-11-5-3-2-4-6-11/h2-7,10,19H,8-9H2,1H3,(H,16,17)/t10-/m1/s1. The summed E-state index contributed by atoms with van der Waals surface area (Å²) in [6, 6.07) is 9.16. The molecule has 0 radical (unpaired) electrons. The Labute approximate surface area is 117 Å². The van der Waals surface area contributed by atoms with Crippen molar-refractivity contribution in [3.05, 3.63) is 35.9 Å². The van der Waals surface area contributed by atoms with Crippen LogP contribution in [0.4, 0.5) is 0 Å². The van der Waals surface area contributed by atoms with Crippen LogP contribution in [0.1, 0.15) is 12.5 Å². The highest BCUT2D eigenvalue weighted by Gasteiger charge is 2.20. The third-order valence-corrected chi connectivity index (χ3v) is 2.93. The van der Waals surface area contributed by atoms with E-state index in [1.807, 2.05) is 30.3 Å². The van der Waals surface area contributed by atoms with E-state index in [1.54, 1.807) is 6.92 Å². The Morgan fingerprint density at radius 2 is 2.05 bits per heavy atom. The lowest BCUT2D eigenvalue weighted by Crippen LogP contribution is -2.35. The molecule has 1 aromatic carbocycles. The number of carboxylic acids is 1. The van der Waals surface area contributed by atoms with Gasteiger partial charge in [0.05, 0.1) is 6.21 Å². The summed E-state index contributed by atoms with van der Waals surface area (Å²) < 4.78 is 0. The predicted octanol–water partition coefficient (Wildman–Crippen LogP) is 1.50. The number of rotatable bonds is 6. The maximum atomic E-state index is 11.9. The van der Waals surface area contributed by atoms with Crippen LogP contribution in [0.2, 0.25) is 0 Å². The van der Waals surface area contributed by atoms with Gasteiger partial charge in [0.2, 0.25) is 5.91 Å². The van der Waals surface area contributed by atoms with Gasteiger partial charge in [0.25, 0.3) is 0 Å². The lowest BCUT2D eigenvalue weighted by atomic mass is 10.2. The molecule has 1 amide bonds. The Morgan fingerprint density at radius 3 is 2.58 bits per heavy atom. The lowest BCUT2D eigenvalue weighted by Gasteiger charge is -2.18. The highest BCUT2D eigenvalue weighted by molar-refractivity contribution is 7.80. The minimum atomic E-state index is -1.11. The second-order valence-corrected chi connectivity index (χ2v) is 4.39. The number of aliphatic carboxylic acids is 1. The summed E-state index contributed by atoms with van der Waals surface area (Å²) in [7, 11) is 0. The van der Waals surface area contributed by atoms with Crippen molar-refractivity contribution in [3.63, 3.8) is 0 Å². The molecule has 5 nitrogen and oxygen atoms in total. The van der Waals surface area contributed by atoms with Crippen LogP contribution in [-0.4, -0.2) is 40.5 Å². The highest BCUT2D eigenvalue weighted by Crippen LogP contribution is 2.05. The van der Waals surface area contributed by atoms with Crippen molar-refractivity contribution in [2.75, 3.05) is 12.3 Å². The number of carbonyl (C=O) groups is 2. The third kappa shape index (κ3) is 5.13. The first-order valence-corrected chi connectivity index (χ1v) is 6.41. The number of carboxylic acid groups (broad SMARTS) is 1. The van der Waals surface area contributed by atoms with E-state index in [0.717, 1.165) is 10.6 Å². The largest absolute Gasteiger partial charge is 0.480 e. The molecule has 102 valence electrons. The number of thiol groups is 1. The Morgan fingerprint density at radius 1 is 1.42 bits per heavy atom. The van der Waals surface area contributed by atoms with Gasteiger partial charge in [-0.3, -0.25) is 9.59 Å². The second kappa shape index (κ2) is 7.58. The van der Waals surface area contributed by atoms with Gasteiger partial charge in [0, 0.05) is 11.7 Å². The Bertz CT molecular complexity index is 462. The van der Waals surface area contributed by atoms with Crippen molar-refractivity contribution in [2.24, 2.45) is 11.0 Å². The summed E-state index contributed by atoms with van der Waals surface area (Å²) in [5, 5.41) is 13.7. The van der Waals surface area contributed by atoms with Crippen molar-refractivity contribution < 1.29 is 14.7 Å². The van der Waals surface area contributed by atoms with E-state index in [2.05, 4.69) is 17.7 Å². The molecule has 0 bridgehead atoms. The zero-order valence-corrected chi connectivity index (χ0v) is 11.5. The summed E-state index contributed by atoms with van der Waals surface area (Å²) in [5.74, 6) is -1.50. The zero-order valence-electron chi connectivity index (χ0n) is 10.6. The van der Waals surface area contributed by atoms with Gasteiger partial charge in [-0.2, -0.15) is 17.7 Å². The van der Waals surface area contributed by atoms with Gasteiger partial charge in [-0.15, -0.1) is 0 Å². The van der Waals surface area contributed by atoms with Crippen LogP contribution in [0.5, 0.6) is 0 Å². The number of hydrogen-bond acceptors (Lipinski definition) is 4. The van der Waals surface area contributed by atoms with Crippen LogP contribution in [0, 0.1) is 5.92 Å². The Hall–Kier alpha value is -1.82. The second-order valence-electron chi connectivity index (χ2n) is 4.03. The normalized spacial score (nSPS) is 12.3. The maximum absolute atomic E-state index is 11.9. The minimum Gasteiger partial charge on any atom is -0.480 e. The lowest BCUT2D eigenvalue weighted by molar-refractivity contribution is -0.145. The van der Waals surface area contributed by atoms with E-state index in [4.69, 9.17) is 5.11 Å². The molecule has 0 saturated heterocycles.